The highest BCUT2D eigenvalue weighted by Crippen LogP contribution is 2.20. The standard InChI is InChI=1S/C20H30N2O4/c1-5-25-15-12-10-14(11-13-15)18(23)21-16-8-6-7-9-17(16)22-19(24)26-20(2,3)4/h10-13,16-17H,5-9H2,1-4H3,(H,21,23)(H,22,24)/t16-,17+/m0/s1. The van der Waals surface area contributed by atoms with Gasteiger partial charge in [-0.15, -0.1) is 0 Å². The van der Waals surface area contributed by atoms with Gasteiger partial charge in [-0.25, -0.2) is 4.79 Å². The first-order valence-corrected chi connectivity index (χ1v) is 9.31. The number of nitrogens with one attached hydrogen (secondary N) is 2. The molecule has 144 valence electrons. The predicted molar refractivity (Wildman–Crippen MR) is 100 cm³/mol. The van der Waals surface area contributed by atoms with E-state index < -0.39 is 11.7 Å². The molecule has 0 bridgehead atoms. The average molecular weight is 362 g/mol. The van der Waals surface area contributed by atoms with Crippen molar-refractivity contribution in [2.24, 2.45) is 0 Å². The number of rotatable bonds is 5. The summed E-state index contributed by atoms with van der Waals surface area (Å²) < 4.78 is 10.7. The minimum Gasteiger partial charge on any atom is -0.494 e. The molecule has 1 aliphatic rings. The van der Waals surface area contributed by atoms with Gasteiger partial charge in [0.05, 0.1) is 12.6 Å². The van der Waals surface area contributed by atoms with Gasteiger partial charge in [0, 0.05) is 11.6 Å². The third kappa shape index (κ3) is 6.24. The summed E-state index contributed by atoms with van der Waals surface area (Å²) in [6.45, 7) is 8.00. The van der Waals surface area contributed by atoms with Crippen molar-refractivity contribution in [2.75, 3.05) is 6.61 Å². The molecule has 0 unspecified atom stereocenters. The quantitative estimate of drug-likeness (QED) is 0.838. The number of hydrogen-bond donors (Lipinski definition) is 2. The normalized spacial score (nSPS) is 20.2. The van der Waals surface area contributed by atoms with Crippen molar-refractivity contribution in [3.63, 3.8) is 0 Å². The fourth-order valence-corrected chi connectivity index (χ4v) is 3.06. The molecule has 1 aliphatic carbocycles. The minimum absolute atomic E-state index is 0.102. The van der Waals surface area contributed by atoms with Gasteiger partial charge in [0.25, 0.3) is 5.91 Å². The molecule has 0 spiro atoms. The first-order valence-electron chi connectivity index (χ1n) is 9.31. The third-order valence-corrected chi connectivity index (χ3v) is 4.21. The Morgan fingerprint density at radius 2 is 1.62 bits per heavy atom. The molecule has 2 N–H and O–H groups in total. The van der Waals surface area contributed by atoms with Gasteiger partial charge in [-0.3, -0.25) is 4.79 Å². The van der Waals surface area contributed by atoms with Gasteiger partial charge in [0.1, 0.15) is 11.4 Å². The van der Waals surface area contributed by atoms with Crippen molar-refractivity contribution >= 4 is 12.0 Å². The maximum atomic E-state index is 12.5. The Balaban J connectivity index is 1.96. The molecule has 26 heavy (non-hydrogen) atoms. The molecule has 0 radical (unpaired) electrons. The molecule has 0 aromatic heterocycles. The number of alkyl carbamates (subject to hydrolysis) is 1. The zero-order valence-electron chi connectivity index (χ0n) is 16.1. The van der Waals surface area contributed by atoms with Crippen LogP contribution < -0.4 is 15.4 Å². The molecule has 0 aliphatic heterocycles. The van der Waals surface area contributed by atoms with Crippen LogP contribution in [0.4, 0.5) is 4.79 Å². The summed E-state index contributed by atoms with van der Waals surface area (Å²) in [6.07, 6.45) is 3.28. The van der Waals surface area contributed by atoms with E-state index in [1.54, 1.807) is 24.3 Å². The molecule has 0 saturated heterocycles. The van der Waals surface area contributed by atoms with E-state index in [4.69, 9.17) is 9.47 Å². The van der Waals surface area contributed by atoms with Crippen LogP contribution in [0.2, 0.25) is 0 Å². The van der Waals surface area contributed by atoms with Crippen molar-refractivity contribution in [3.05, 3.63) is 29.8 Å². The number of hydrogen-bond acceptors (Lipinski definition) is 4. The van der Waals surface area contributed by atoms with Crippen LogP contribution in [0.25, 0.3) is 0 Å². The molecule has 6 heteroatoms. The smallest absolute Gasteiger partial charge is 0.407 e. The van der Waals surface area contributed by atoms with Crippen molar-refractivity contribution < 1.29 is 19.1 Å². The van der Waals surface area contributed by atoms with Crippen molar-refractivity contribution in [3.8, 4) is 5.75 Å². The van der Waals surface area contributed by atoms with E-state index in [1.165, 1.54) is 0 Å². The number of benzene rings is 1. The van der Waals surface area contributed by atoms with Crippen LogP contribution in [-0.2, 0) is 4.74 Å². The van der Waals surface area contributed by atoms with Gasteiger partial charge in [-0.2, -0.15) is 0 Å². The third-order valence-electron chi connectivity index (χ3n) is 4.21. The molecule has 1 saturated carbocycles. The highest BCUT2D eigenvalue weighted by Gasteiger charge is 2.29. The maximum Gasteiger partial charge on any atom is 0.407 e. The summed E-state index contributed by atoms with van der Waals surface area (Å²) in [5.74, 6) is 0.599. The lowest BCUT2D eigenvalue weighted by atomic mass is 9.90. The van der Waals surface area contributed by atoms with Crippen LogP contribution >= 0.6 is 0 Å². The molecule has 1 fully saturated rings. The minimum atomic E-state index is -0.542. The van der Waals surface area contributed by atoms with Crippen LogP contribution in [-0.4, -0.2) is 36.3 Å². The number of carbonyl (C=O) groups is 2. The van der Waals surface area contributed by atoms with Crippen LogP contribution in [0.5, 0.6) is 5.75 Å². The summed E-state index contributed by atoms with van der Waals surface area (Å²) in [7, 11) is 0. The lowest BCUT2D eigenvalue weighted by molar-refractivity contribution is 0.0475. The Kier molecular flexibility index (Phi) is 6.89. The van der Waals surface area contributed by atoms with Crippen LogP contribution in [0.15, 0.2) is 24.3 Å². The van der Waals surface area contributed by atoms with Gasteiger partial charge < -0.3 is 20.1 Å². The summed E-state index contributed by atoms with van der Waals surface area (Å²) in [6, 6.07) is 6.85. The van der Waals surface area contributed by atoms with Crippen LogP contribution in [0.3, 0.4) is 0 Å². The van der Waals surface area contributed by atoms with Crippen molar-refractivity contribution in [1.82, 2.24) is 10.6 Å². The van der Waals surface area contributed by atoms with Gasteiger partial charge >= 0.3 is 6.09 Å². The average Bonchev–Trinajstić information content (AvgIpc) is 2.56. The molecular weight excluding hydrogens is 332 g/mol. The van der Waals surface area contributed by atoms with E-state index in [1.807, 2.05) is 27.7 Å². The second kappa shape index (κ2) is 8.92. The largest absolute Gasteiger partial charge is 0.494 e. The Bertz CT molecular complexity index is 607. The molecule has 2 amide bonds. The molecule has 1 aromatic carbocycles. The lowest BCUT2D eigenvalue weighted by Gasteiger charge is -2.33. The van der Waals surface area contributed by atoms with E-state index in [9.17, 15) is 9.59 Å². The first kappa shape index (κ1) is 20.1. The Labute approximate surface area is 155 Å². The van der Waals surface area contributed by atoms with Gasteiger partial charge in [0.15, 0.2) is 0 Å². The van der Waals surface area contributed by atoms with E-state index in [2.05, 4.69) is 10.6 Å². The summed E-state index contributed by atoms with van der Waals surface area (Å²) >= 11 is 0. The zero-order chi connectivity index (χ0) is 19.2. The first-order chi connectivity index (χ1) is 12.3. The van der Waals surface area contributed by atoms with Crippen molar-refractivity contribution in [2.45, 2.75) is 71.1 Å². The van der Waals surface area contributed by atoms with E-state index in [0.717, 1.165) is 31.4 Å². The Hall–Kier alpha value is -2.24. The SMILES string of the molecule is CCOc1ccc(C(=O)N[C@H]2CCCC[C@H]2NC(=O)OC(C)(C)C)cc1. The molecule has 2 rings (SSSR count). The number of ether oxygens (including phenoxy) is 2. The Morgan fingerprint density at radius 3 is 2.15 bits per heavy atom. The fraction of sp³-hybridized carbons (Fsp3) is 0.600. The topological polar surface area (TPSA) is 76.7 Å². The molecule has 2 atom stereocenters. The zero-order valence-corrected chi connectivity index (χ0v) is 16.1. The number of amides is 2. The molecule has 1 aromatic rings. The summed E-state index contributed by atoms with van der Waals surface area (Å²) in [4.78, 5) is 24.6. The lowest BCUT2D eigenvalue weighted by Crippen LogP contribution is -2.53. The van der Waals surface area contributed by atoms with Gasteiger partial charge in [-0.1, -0.05) is 12.8 Å². The van der Waals surface area contributed by atoms with Gasteiger partial charge in [-0.05, 0) is 64.8 Å². The monoisotopic (exact) mass is 362 g/mol. The van der Waals surface area contributed by atoms with Gasteiger partial charge in [0.2, 0.25) is 0 Å². The van der Waals surface area contributed by atoms with E-state index in [0.29, 0.717) is 12.2 Å². The Morgan fingerprint density at radius 1 is 1.04 bits per heavy atom. The van der Waals surface area contributed by atoms with Crippen LogP contribution in [0.1, 0.15) is 63.7 Å². The van der Waals surface area contributed by atoms with Crippen LogP contribution in [0, 0.1) is 0 Å². The summed E-state index contributed by atoms with van der Waals surface area (Å²) in [5.41, 5.74) is 0.0369. The highest BCUT2D eigenvalue weighted by molar-refractivity contribution is 5.94. The molecule has 6 nitrogen and oxygen atoms in total. The highest BCUT2D eigenvalue weighted by atomic mass is 16.6. The predicted octanol–water partition coefficient (Wildman–Crippen LogP) is 3.65. The molecule has 0 heterocycles. The molecular formula is C20H30N2O4. The van der Waals surface area contributed by atoms with E-state index >= 15 is 0 Å². The summed E-state index contributed by atoms with van der Waals surface area (Å²) in [5, 5.41) is 5.97. The fourth-order valence-electron chi connectivity index (χ4n) is 3.06. The maximum absolute atomic E-state index is 12.5. The van der Waals surface area contributed by atoms with Crippen molar-refractivity contribution in [1.29, 1.82) is 0 Å². The second-order valence-corrected chi connectivity index (χ2v) is 7.57. The number of carbonyl (C=O) groups excluding carboxylic acids is 2. The van der Waals surface area contributed by atoms with E-state index in [-0.39, 0.29) is 18.0 Å². The second-order valence-electron chi connectivity index (χ2n) is 7.57.